The van der Waals surface area contributed by atoms with Crippen molar-refractivity contribution in [2.45, 2.75) is 37.8 Å². The molecule has 3 rings (SSSR count). The zero-order valence-corrected chi connectivity index (χ0v) is 22.7. The number of ether oxygens (including phenoxy) is 1. The molecule has 1 saturated heterocycles. The molecule has 2 bridgehead atoms. The van der Waals surface area contributed by atoms with Crippen LogP contribution < -0.4 is 5.32 Å². The van der Waals surface area contributed by atoms with E-state index in [9.17, 15) is 9.59 Å². The summed E-state index contributed by atoms with van der Waals surface area (Å²) < 4.78 is 5.20. The lowest BCUT2D eigenvalue weighted by Gasteiger charge is -2.37. The van der Waals surface area contributed by atoms with Crippen LogP contribution in [0.3, 0.4) is 0 Å². The second-order valence-corrected chi connectivity index (χ2v) is 10.3. The molecule has 2 heterocycles. The Kier molecular flexibility index (Phi) is 10.9. The van der Waals surface area contributed by atoms with E-state index in [2.05, 4.69) is 40.4 Å². The van der Waals surface area contributed by atoms with Gasteiger partial charge in [0.15, 0.2) is 0 Å². The number of hydrogen-bond acceptors (Lipinski definition) is 7. The van der Waals surface area contributed by atoms with E-state index in [4.69, 9.17) is 27.9 Å². The van der Waals surface area contributed by atoms with Crippen molar-refractivity contribution in [2.24, 2.45) is 0 Å². The van der Waals surface area contributed by atoms with Crippen LogP contribution in [0.1, 0.15) is 31.2 Å². The van der Waals surface area contributed by atoms with E-state index in [-0.39, 0.29) is 17.9 Å². The van der Waals surface area contributed by atoms with Crippen molar-refractivity contribution in [1.29, 1.82) is 0 Å². The fourth-order valence-corrected chi connectivity index (χ4v) is 5.71. The Morgan fingerprint density at radius 3 is 2.65 bits per heavy atom. The standard InChI is InChI=1S/C24H33Cl2N3O3S2/c1-32-24(31)23-18(16-3-5-19(25)20(26)13-16)14-17-4-6-21(23)29(17)9-2-8-28(10-12-34)15-22(30)27-7-11-33/h3,5,13,17,21,33-34H,2,4,6-12,14-15H2,1H3,(H,27,30). The van der Waals surface area contributed by atoms with Gasteiger partial charge in [-0.3, -0.25) is 14.6 Å². The van der Waals surface area contributed by atoms with Gasteiger partial charge < -0.3 is 10.1 Å². The van der Waals surface area contributed by atoms with Gasteiger partial charge in [0.2, 0.25) is 5.91 Å². The number of fused-ring (bicyclic) bond motifs is 2. The molecule has 1 fully saturated rings. The summed E-state index contributed by atoms with van der Waals surface area (Å²) in [5.74, 6) is 1.04. The Balaban J connectivity index is 1.71. The number of carbonyl (C=O) groups excluding carboxylic acids is 2. The minimum absolute atomic E-state index is 0.0102. The number of thiol groups is 2. The number of amides is 1. The molecule has 1 aromatic carbocycles. The monoisotopic (exact) mass is 545 g/mol. The van der Waals surface area contributed by atoms with Crippen molar-refractivity contribution in [3.05, 3.63) is 39.4 Å². The highest BCUT2D eigenvalue weighted by Crippen LogP contribution is 2.44. The van der Waals surface area contributed by atoms with Crippen LogP contribution in [0.25, 0.3) is 5.57 Å². The summed E-state index contributed by atoms with van der Waals surface area (Å²) in [5.41, 5.74) is 2.67. The average molecular weight is 547 g/mol. The van der Waals surface area contributed by atoms with Crippen molar-refractivity contribution in [3.8, 4) is 0 Å². The first kappa shape index (κ1) is 27.7. The SMILES string of the molecule is COC(=O)C1=C(c2ccc(Cl)c(Cl)c2)CC2CCC1N2CCCN(CCS)CC(=O)NCCS. The molecule has 2 aliphatic rings. The van der Waals surface area contributed by atoms with Gasteiger partial charge in [0, 0.05) is 43.2 Å². The maximum Gasteiger partial charge on any atom is 0.335 e. The number of halogens is 2. The first-order chi connectivity index (χ1) is 16.4. The zero-order chi connectivity index (χ0) is 24.7. The fourth-order valence-electron chi connectivity index (χ4n) is 5.02. The van der Waals surface area contributed by atoms with E-state index >= 15 is 0 Å². The summed E-state index contributed by atoms with van der Waals surface area (Å²) >= 11 is 20.9. The molecule has 10 heteroatoms. The summed E-state index contributed by atoms with van der Waals surface area (Å²) in [6.07, 6.45) is 3.62. The summed E-state index contributed by atoms with van der Waals surface area (Å²) in [6, 6.07) is 5.92. The molecule has 1 aromatic rings. The van der Waals surface area contributed by atoms with E-state index in [0.717, 1.165) is 62.0 Å². The quantitative estimate of drug-likeness (QED) is 0.275. The minimum Gasteiger partial charge on any atom is -0.466 e. The van der Waals surface area contributed by atoms with Crippen molar-refractivity contribution < 1.29 is 14.3 Å². The molecule has 1 amide bonds. The number of carbonyl (C=O) groups is 2. The molecule has 34 heavy (non-hydrogen) atoms. The van der Waals surface area contributed by atoms with Crippen molar-refractivity contribution in [2.75, 3.05) is 51.3 Å². The van der Waals surface area contributed by atoms with E-state index in [0.29, 0.717) is 40.7 Å². The van der Waals surface area contributed by atoms with Gasteiger partial charge in [-0.2, -0.15) is 25.3 Å². The van der Waals surface area contributed by atoms with Crippen LogP contribution >= 0.6 is 48.5 Å². The van der Waals surface area contributed by atoms with Gasteiger partial charge in [-0.05, 0) is 55.5 Å². The molecular formula is C24H33Cl2N3O3S2. The highest BCUT2D eigenvalue weighted by molar-refractivity contribution is 7.80. The molecule has 1 N–H and O–H groups in total. The number of benzene rings is 1. The number of hydrogen-bond donors (Lipinski definition) is 3. The molecule has 188 valence electrons. The molecule has 0 radical (unpaired) electrons. The fraction of sp³-hybridized carbons (Fsp3) is 0.583. The van der Waals surface area contributed by atoms with Gasteiger partial charge in [0.1, 0.15) is 0 Å². The van der Waals surface area contributed by atoms with Gasteiger partial charge in [0.05, 0.1) is 29.3 Å². The van der Waals surface area contributed by atoms with Crippen LogP contribution in [0.15, 0.2) is 23.8 Å². The second-order valence-electron chi connectivity index (χ2n) is 8.63. The van der Waals surface area contributed by atoms with Crippen LogP contribution in [0.2, 0.25) is 10.0 Å². The largest absolute Gasteiger partial charge is 0.466 e. The molecule has 2 unspecified atom stereocenters. The predicted octanol–water partition coefficient (Wildman–Crippen LogP) is 3.82. The number of esters is 1. The number of nitrogens with zero attached hydrogens (tertiary/aromatic N) is 2. The number of rotatable bonds is 12. The molecule has 2 atom stereocenters. The van der Waals surface area contributed by atoms with Crippen molar-refractivity contribution in [3.63, 3.8) is 0 Å². The van der Waals surface area contributed by atoms with Gasteiger partial charge in [-0.15, -0.1) is 0 Å². The lowest BCUT2D eigenvalue weighted by Crippen LogP contribution is -2.45. The van der Waals surface area contributed by atoms with E-state index in [1.807, 2.05) is 12.1 Å². The Morgan fingerprint density at radius 2 is 1.97 bits per heavy atom. The average Bonchev–Trinajstić information content (AvgIpc) is 3.09. The summed E-state index contributed by atoms with van der Waals surface area (Å²) in [5, 5.41) is 3.85. The van der Waals surface area contributed by atoms with E-state index in [1.54, 1.807) is 6.07 Å². The topological polar surface area (TPSA) is 61.9 Å². The zero-order valence-electron chi connectivity index (χ0n) is 19.4. The highest BCUT2D eigenvalue weighted by Gasteiger charge is 2.44. The van der Waals surface area contributed by atoms with Crippen LogP contribution in [-0.2, 0) is 14.3 Å². The normalized spacial score (nSPS) is 20.2. The Hall–Kier alpha value is -0.900. The second kappa shape index (κ2) is 13.4. The molecule has 0 aliphatic carbocycles. The first-order valence-corrected chi connectivity index (χ1v) is 13.6. The Labute approximate surface area is 223 Å². The maximum atomic E-state index is 12.9. The lowest BCUT2D eigenvalue weighted by molar-refractivity contribution is -0.137. The smallest absolute Gasteiger partial charge is 0.335 e. The Morgan fingerprint density at radius 1 is 1.18 bits per heavy atom. The van der Waals surface area contributed by atoms with Gasteiger partial charge in [0.25, 0.3) is 0 Å². The van der Waals surface area contributed by atoms with Gasteiger partial charge in [-0.25, -0.2) is 4.79 Å². The van der Waals surface area contributed by atoms with Crippen molar-refractivity contribution in [1.82, 2.24) is 15.1 Å². The van der Waals surface area contributed by atoms with Gasteiger partial charge in [-0.1, -0.05) is 29.3 Å². The first-order valence-electron chi connectivity index (χ1n) is 11.6. The summed E-state index contributed by atoms with van der Waals surface area (Å²) in [6.45, 7) is 3.32. The molecular weight excluding hydrogens is 513 g/mol. The van der Waals surface area contributed by atoms with E-state index in [1.165, 1.54) is 7.11 Å². The predicted molar refractivity (Wildman–Crippen MR) is 145 cm³/mol. The third kappa shape index (κ3) is 6.86. The highest BCUT2D eigenvalue weighted by atomic mass is 35.5. The molecule has 0 aromatic heterocycles. The van der Waals surface area contributed by atoms with Crippen LogP contribution in [0.5, 0.6) is 0 Å². The lowest BCUT2D eigenvalue weighted by atomic mass is 9.88. The molecule has 6 nitrogen and oxygen atoms in total. The number of nitrogens with one attached hydrogen (secondary N) is 1. The van der Waals surface area contributed by atoms with Crippen LogP contribution in [0, 0.1) is 0 Å². The van der Waals surface area contributed by atoms with Crippen molar-refractivity contribution >= 4 is 65.9 Å². The number of methoxy groups -OCH3 is 1. The molecule has 2 aliphatic heterocycles. The van der Waals surface area contributed by atoms with Gasteiger partial charge >= 0.3 is 5.97 Å². The third-order valence-electron chi connectivity index (χ3n) is 6.52. The molecule has 0 saturated carbocycles. The van der Waals surface area contributed by atoms with Crippen LogP contribution in [0.4, 0.5) is 0 Å². The van der Waals surface area contributed by atoms with Crippen LogP contribution in [-0.4, -0.2) is 85.1 Å². The third-order valence-corrected chi connectivity index (χ3v) is 7.68. The van der Waals surface area contributed by atoms with E-state index < -0.39 is 0 Å². The summed E-state index contributed by atoms with van der Waals surface area (Å²) in [4.78, 5) is 29.6. The minimum atomic E-state index is -0.283. The maximum absolute atomic E-state index is 12.9. The Bertz CT molecular complexity index is 915. The summed E-state index contributed by atoms with van der Waals surface area (Å²) in [7, 11) is 1.43. The molecule has 0 spiro atoms.